The Bertz CT molecular complexity index is 2720. The quantitative estimate of drug-likeness (QED) is 0.169. The fourth-order valence-electron chi connectivity index (χ4n) is 8.67. The molecule has 10 rings (SSSR count). The highest BCUT2D eigenvalue weighted by Crippen LogP contribution is 2.50. The first-order valence-corrected chi connectivity index (χ1v) is 19.1. The van der Waals surface area contributed by atoms with Gasteiger partial charge >= 0.3 is 0 Å². The van der Waals surface area contributed by atoms with Crippen LogP contribution in [0.5, 0.6) is 0 Å². The molecule has 0 spiro atoms. The lowest BCUT2D eigenvalue weighted by atomic mass is 9.66. The van der Waals surface area contributed by atoms with Gasteiger partial charge in [0.25, 0.3) is 0 Å². The summed E-state index contributed by atoms with van der Waals surface area (Å²) in [5, 5.41) is 2.55. The van der Waals surface area contributed by atoms with Crippen molar-refractivity contribution < 1.29 is 0 Å². The highest BCUT2D eigenvalue weighted by Gasteiger charge is 2.35. The molecule has 6 aromatic carbocycles. The highest BCUT2D eigenvalue weighted by molar-refractivity contribution is 6.13. The molecule has 1 aliphatic heterocycles. The Morgan fingerprint density at radius 3 is 1.91 bits per heavy atom. The smallest absolute Gasteiger partial charge is 0.159 e. The number of benzene rings is 6. The summed E-state index contributed by atoms with van der Waals surface area (Å²) in [6.45, 7) is 2.37. The Balaban J connectivity index is 1.02. The van der Waals surface area contributed by atoms with Gasteiger partial charge in [-0.1, -0.05) is 171 Å². The molecule has 0 saturated carbocycles. The molecule has 264 valence electrons. The van der Waals surface area contributed by atoms with Gasteiger partial charge in [-0.25, -0.2) is 9.98 Å². The Labute approximate surface area is 322 Å². The van der Waals surface area contributed by atoms with E-state index in [4.69, 9.17) is 9.98 Å². The van der Waals surface area contributed by atoms with E-state index in [2.05, 4.69) is 187 Å². The third-order valence-electron chi connectivity index (χ3n) is 11.4. The molecule has 4 nitrogen and oxygen atoms in total. The van der Waals surface area contributed by atoms with Gasteiger partial charge < -0.3 is 9.47 Å². The number of hydrogen-bond donors (Lipinski definition) is 0. The molecule has 2 heterocycles. The lowest BCUT2D eigenvalue weighted by Crippen LogP contribution is -2.35. The predicted octanol–water partition coefficient (Wildman–Crippen LogP) is 12.0. The predicted molar refractivity (Wildman–Crippen MR) is 230 cm³/mol. The highest BCUT2D eigenvalue weighted by atomic mass is 15.3. The van der Waals surface area contributed by atoms with Crippen molar-refractivity contribution >= 4 is 44.6 Å². The molecule has 0 saturated heterocycles. The van der Waals surface area contributed by atoms with E-state index < -0.39 is 0 Å². The van der Waals surface area contributed by atoms with E-state index in [9.17, 15) is 0 Å². The number of allylic oxidation sites excluding steroid dienone is 8. The first kappa shape index (κ1) is 32.8. The number of hydrogen-bond acceptors (Lipinski definition) is 3. The van der Waals surface area contributed by atoms with E-state index in [0.29, 0.717) is 0 Å². The third-order valence-corrected chi connectivity index (χ3v) is 11.4. The number of aromatic nitrogens is 1. The molecule has 0 amide bonds. The number of rotatable bonds is 6. The maximum Gasteiger partial charge on any atom is 0.159 e. The van der Waals surface area contributed by atoms with Crippen LogP contribution in [0, 0.1) is 5.41 Å². The average Bonchev–Trinajstić information content (AvgIpc) is 3.58. The van der Waals surface area contributed by atoms with Gasteiger partial charge in [-0.15, -0.1) is 0 Å². The second kappa shape index (κ2) is 13.3. The molecule has 2 atom stereocenters. The van der Waals surface area contributed by atoms with Crippen molar-refractivity contribution in [3.05, 3.63) is 221 Å². The Hall–Kier alpha value is -6.78. The summed E-state index contributed by atoms with van der Waals surface area (Å²) in [5.74, 6) is 1.65. The van der Waals surface area contributed by atoms with Crippen molar-refractivity contribution in [2.45, 2.75) is 19.5 Å². The lowest BCUT2D eigenvalue weighted by molar-refractivity contribution is 0.383. The lowest BCUT2D eigenvalue weighted by Gasteiger charge is -2.37. The fourth-order valence-corrected chi connectivity index (χ4v) is 8.67. The monoisotopic (exact) mass is 708 g/mol. The van der Waals surface area contributed by atoms with Crippen LogP contribution >= 0.6 is 0 Å². The average molecular weight is 709 g/mol. The minimum atomic E-state index is -0.182. The number of para-hydroxylation sites is 2. The molecular weight excluding hydrogens is 669 g/mol. The largest absolute Gasteiger partial charge is 0.333 e. The van der Waals surface area contributed by atoms with E-state index in [0.717, 1.165) is 40.5 Å². The molecule has 55 heavy (non-hydrogen) atoms. The van der Waals surface area contributed by atoms with Crippen LogP contribution in [0.1, 0.15) is 47.3 Å². The van der Waals surface area contributed by atoms with Crippen molar-refractivity contribution in [1.29, 1.82) is 0 Å². The van der Waals surface area contributed by atoms with Crippen LogP contribution in [0.2, 0.25) is 0 Å². The molecule has 0 bridgehead atoms. The second-order valence-corrected chi connectivity index (χ2v) is 14.9. The van der Waals surface area contributed by atoms with Crippen LogP contribution in [0.3, 0.4) is 0 Å². The number of aliphatic imine (C=N–C) groups is 2. The molecular formula is C51H40N4. The number of nitrogens with zero attached hydrogens (tertiary/aromatic N) is 4. The van der Waals surface area contributed by atoms with Gasteiger partial charge in [-0.2, -0.15) is 0 Å². The zero-order chi connectivity index (χ0) is 36.9. The normalized spacial score (nSPS) is 19.3. The summed E-state index contributed by atoms with van der Waals surface area (Å²) in [5.41, 5.74) is 13.0. The number of amidine groups is 2. The minimum Gasteiger partial charge on any atom is -0.333 e. The molecule has 2 unspecified atom stereocenters. The standard InChI is InChI=1S/C51H40N4/c1-51-33-13-21-41(35-25-27-39(28-26-35)50-53-48(37-15-5-3-6-16-37)52-49(54(50)2)38-17-7-4-8-18-38)47(51)42(22-14-34-51)36-29-31-40(32-30-36)55-45-23-11-9-19-43(45)44-20-10-12-24-46(44)55/h3-33,49H,34H2,1-2H3. The summed E-state index contributed by atoms with van der Waals surface area (Å²) >= 11 is 0. The number of fused-ring (bicyclic) bond motifs is 4. The van der Waals surface area contributed by atoms with Crippen molar-refractivity contribution in [2.24, 2.45) is 15.4 Å². The third kappa shape index (κ3) is 5.61. The van der Waals surface area contributed by atoms with E-state index in [-0.39, 0.29) is 11.6 Å². The summed E-state index contributed by atoms with van der Waals surface area (Å²) in [4.78, 5) is 12.5. The van der Waals surface area contributed by atoms with Crippen molar-refractivity contribution in [3.63, 3.8) is 0 Å². The van der Waals surface area contributed by atoms with Gasteiger partial charge in [-0.3, -0.25) is 0 Å². The zero-order valence-electron chi connectivity index (χ0n) is 31.0. The van der Waals surface area contributed by atoms with Gasteiger partial charge in [0.1, 0.15) is 12.0 Å². The molecule has 2 aliphatic carbocycles. The molecule has 0 fully saturated rings. The van der Waals surface area contributed by atoms with E-state index >= 15 is 0 Å². The van der Waals surface area contributed by atoms with E-state index in [1.807, 2.05) is 24.3 Å². The topological polar surface area (TPSA) is 32.9 Å². The Morgan fingerprint density at radius 1 is 0.618 bits per heavy atom. The van der Waals surface area contributed by atoms with Gasteiger partial charge in [-0.05, 0) is 64.1 Å². The van der Waals surface area contributed by atoms with Crippen LogP contribution in [-0.2, 0) is 0 Å². The van der Waals surface area contributed by atoms with Crippen LogP contribution in [-0.4, -0.2) is 28.2 Å². The van der Waals surface area contributed by atoms with Crippen LogP contribution in [0.25, 0.3) is 38.6 Å². The summed E-state index contributed by atoms with van der Waals surface area (Å²) in [6, 6.07) is 56.2. The van der Waals surface area contributed by atoms with Crippen molar-refractivity contribution in [1.82, 2.24) is 9.47 Å². The molecule has 4 heteroatoms. The molecule has 0 N–H and O–H groups in total. The van der Waals surface area contributed by atoms with Gasteiger partial charge in [0, 0.05) is 40.0 Å². The zero-order valence-corrected chi connectivity index (χ0v) is 31.0. The van der Waals surface area contributed by atoms with Gasteiger partial charge in [0.05, 0.1) is 11.0 Å². The summed E-state index contributed by atoms with van der Waals surface area (Å²) in [6.07, 6.45) is 12.3. The van der Waals surface area contributed by atoms with E-state index in [1.54, 1.807) is 0 Å². The molecule has 3 aliphatic rings. The summed E-state index contributed by atoms with van der Waals surface area (Å²) in [7, 11) is 2.09. The first-order chi connectivity index (χ1) is 27.1. The Morgan fingerprint density at radius 2 is 1.22 bits per heavy atom. The van der Waals surface area contributed by atoms with Gasteiger partial charge in [0.2, 0.25) is 0 Å². The SMILES string of the molecule is CN1C(c2ccc(C3=CC=CC4(C)CC=CC(c5ccc(-n6c7ccccc7c7ccccc76)cc5)=C34)cc2)=NC(c2ccccc2)=NC1c1ccccc1. The Kier molecular flexibility index (Phi) is 7.92. The van der Waals surface area contributed by atoms with E-state index in [1.165, 1.54) is 49.7 Å². The maximum atomic E-state index is 5.16. The first-order valence-electron chi connectivity index (χ1n) is 19.1. The fraction of sp³-hybridized carbons (Fsp3) is 0.0980. The molecule has 1 aromatic heterocycles. The van der Waals surface area contributed by atoms with Crippen LogP contribution in [0.15, 0.2) is 204 Å². The molecule has 7 aromatic rings. The summed E-state index contributed by atoms with van der Waals surface area (Å²) < 4.78 is 2.38. The minimum absolute atomic E-state index is 0.115. The van der Waals surface area contributed by atoms with Crippen molar-refractivity contribution in [3.8, 4) is 5.69 Å². The maximum absolute atomic E-state index is 5.16. The van der Waals surface area contributed by atoms with Crippen LogP contribution in [0.4, 0.5) is 0 Å². The van der Waals surface area contributed by atoms with Gasteiger partial charge in [0.15, 0.2) is 5.84 Å². The molecule has 0 radical (unpaired) electrons. The second-order valence-electron chi connectivity index (χ2n) is 14.9. The van der Waals surface area contributed by atoms with Crippen molar-refractivity contribution in [2.75, 3.05) is 7.05 Å². The van der Waals surface area contributed by atoms with Crippen LogP contribution < -0.4 is 0 Å².